The van der Waals surface area contributed by atoms with Crippen molar-refractivity contribution in [1.29, 1.82) is 0 Å². The molecule has 0 saturated carbocycles. The third kappa shape index (κ3) is 5.29. The summed E-state index contributed by atoms with van der Waals surface area (Å²) >= 11 is 0. The number of sulfone groups is 1. The summed E-state index contributed by atoms with van der Waals surface area (Å²) in [5.41, 5.74) is 2.02. The third-order valence-electron chi connectivity index (χ3n) is 4.70. The van der Waals surface area contributed by atoms with Crippen LogP contribution in [0.5, 0.6) is 0 Å². The molecule has 1 aliphatic rings. The Morgan fingerprint density at radius 3 is 2.38 bits per heavy atom. The van der Waals surface area contributed by atoms with Gasteiger partial charge in [0, 0.05) is 19.1 Å². The predicted molar refractivity (Wildman–Crippen MR) is 110 cm³/mol. The Labute approximate surface area is 170 Å². The van der Waals surface area contributed by atoms with Gasteiger partial charge in [-0.25, -0.2) is 13.4 Å². The fraction of sp³-hybridized carbons (Fsp3) is 0.286. The van der Waals surface area contributed by atoms with E-state index in [2.05, 4.69) is 10.4 Å². The highest BCUT2D eigenvalue weighted by molar-refractivity contribution is 7.90. The zero-order chi connectivity index (χ0) is 21.0. The molecule has 1 aliphatic heterocycles. The highest BCUT2D eigenvalue weighted by atomic mass is 32.2. The lowest BCUT2D eigenvalue weighted by atomic mass is 10.1. The number of nitrogens with one attached hydrogen (secondary N) is 1. The van der Waals surface area contributed by atoms with Crippen LogP contribution in [-0.4, -0.2) is 37.2 Å². The first-order valence-corrected chi connectivity index (χ1v) is 11.2. The van der Waals surface area contributed by atoms with Crippen molar-refractivity contribution >= 4 is 27.4 Å². The van der Waals surface area contributed by atoms with E-state index in [1.54, 1.807) is 12.1 Å². The van der Waals surface area contributed by atoms with Crippen LogP contribution in [0.25, 0.3) is 0 Å². The van der Waals surface area contributed by atoms with Gasteiger partial charge in [0.1, 0.15) is 5.71 Å². The summed E-state index contributed by atoms with van der Waals surface area (Å²) < 4.78 is 23.1. The number of hydrazone groups is 1. The second kappa shape index (κ2) is 8.57. The number of nitrogens with zero attached hydrogens (tertiary/aromatic N) is 2. The summed E-state index contributed by atoms with van der Waals surface area (Å²) in [5.74, 6) is -0.454. The second-order valence-electron chi connectivity index (χ2n) is 7.02. The van der Waals surface area contributed by atoms with E-state index in [-0.39, 0.29) is 35.6 Å². The lowest BCUT2D eigenvalue weighted by molar-refractivity contribution is -0.132. The summed E-state index contributed by atoms with van der Waals surface area (Å²) in [6.07, 6.45) is 1.67. The van der Waals surface area contributed by atoms with Crippen molar-refractivity contribution in [3.05, 3.63) is 65.7 Å². The third-order valence-corrected chi connectivity index (χ3v) is 5.83. The maximum atomic E-state index is 12.6. The van der Waals surface area contributed by atoms with Gasteiger partial charge in [-0.05, 0) is 30.2 Å². The summed E-state index contributed by atoms with van der Waals surface area (Å²) in [7, 11) is -3.27. The minimum atomic E-state index is -3.27. The van der Waals surface area contributed by atoms with Gasteiger partial charge in [-0.1, -0.05) is 42.5 Å². The Morgan fingerprint density at radius 2 is 1.76 bits per heavy atom. The van der Waals surface area contributed by atoms with E-state index in [1.165, 1.54) is 17.1 Å². The molecule has 29 heavy (non-hydrogen) atoms. The molecule has 152 valence electrons. The van der Waals surface area contributed by atoms with E-state index >= 15 is 0 Å². The first kappa shape index (κ1) is 20.7. The van der Waals surface area contributed by atoms with E-state index in [4.69, 9.17) is 0 Å². The SMILES string of the molecule is CC(NC(=O)C1=NN(Cc2ccccc2)C(=O)CC1)c1ccc(S(C)(=O)=O)cc1. The molecule has 2 aromatic rings. The maximum Gasteiger partial charge on any atom is 0.267 e. The van der Waals surface area contributed by atoms with Gasteiger partial charge in [0.05, 0.1) is 17.5 Å². The normalized spacial score (nSPS) is 15.6. The van der Waals surface area contributed by atoms with Crippen molar-refractivity contribution in [1.82, 2.24) is 10.3 Å². The second-order valence-corrected chi connectivity index (χ2v) is 9.04. The number of carbonyl (C=O) groups excluding carboxylic acids is 2. The zero-order valence-electron chi connectivity index (χ0n) is 16.3. The Balaban J connectivity index is 1.69. The highest BCUT2D eigenvalue weighted by Gasteiger charge is 2.25. The molecular weight excluding hydrogens is 390 g/mol. The molecule has 1 heterocycles. The number of rotatable bonds is 6. The average Bonchev–Trinajstić information content (AvgIpc) is 2.70. The van der Waals surface area contributed by atoms with Crippen LogP contribution in [0.1, 0.15) is 36.9 Å². The van der Waals surface area contributed by atoms with E-state index < -0.39 is 9.84 Å². The Kier molecular flexibility index (Phi) is 6.12. The number of hydrogen-bond donors (Lipinski definition) is 1. The minimum absolute atomic E-state index is 0.116. The molecule has 2 aromatic carbocycles. The molecule has 7 nitrogen and oxygen atoms in total. The van der Waals surface area contributed by atoms with Crippen molar-refractivity contribution in [2.45, 2.75) is 37.2 Å². The van der Waals surface area contributed by atoms with Crippen molar-refractivity contribution in [2.24, 2.45) is 5.10 Å². The van der Waals surface area contributed by atoms with E-state index in [1.807, 2.05) is 37.3 Å². The molecular formula is C21H23N3O4S. The molecule has 1 atom stereocenters. The fourth-order valence-electron chi connectivity index (χ4n) is 3.01. The topological polar surface area (TPSA) is 95.9 Å². The summed E-state index contributed by atoms with van der Waals surface area (Å²) in [6.45, 7) is 2.13. The number of amides is 2. The van der Waals surface area contributed by atoms with Gasteiger partial charge < -0.3 is 5.32 Å². The monoisotopic (exact) mass is 413 g/mol. The van der Waals surface area contributed by atoms with Gasteiger partial charge in [0.2, 0.25) is 5.91 Å². The van der Waals surface area contributed by atoms with E-state index in [9.17, 15) is 18.0 Å². The van der Waals surface area contributed by atoms with E-state index in [0.717, 1.165) is 17.4 Å². The molecule has 2 amide bonds. The Hall–Kier alpha value is -3.00. The molecule has 8 heteroatoms. The fourth-order valence-corrected chi connectivity index (χ4v) is 3.64. The van der Waals surface area contributed by atoms with Crippen LogP contribution >= 0.6 is 0 Å². The average molecular weight is 413 g/mol. The molecule has 0 spiro atoms. The van der Waals surface area contributed by atoms with Crippen LogP contribution in [0.15, 0.2) is 64.6 Å². The first-order chi connectivity index (χ1) is 13.7. The standard InChI is InChI=1S/C21H23N3O4S/c1-15(17-8-10-18(11-9-17)29(2,27)28)22-21(26)19-12-13-20(25)24(23-19)14-16-6-4-3-5-7-16/h3-11,15H,12-14H2,1-2H3,(H,22,26). The van der Waals surface area contributed by atoms with Gasteiger partial charge >= 0.3 is 0 Å². The van der Waals surface area contributed by atoms with Gasteiger partial charge in [-0.3, -0.25) is 9.59 Å². The van der Waals surface area contributed by atoms with Crippen LogP contribution < -0.4 is 5.32 Å². The van der Waals surface area contributed by atoms with Crippen molar-refractivity contribution in [3.8, 4) is 0 Å². The molecule has 0 radical (unpaired) electrons. The number of carbonyl (C=O) groups is 2. The molecule has 3 rings (SSSR count). The van der Waals surface area contributed by atoms with Crippen LogP contribution in [-0.2, 0) is 26.0 Å². The Morgan fingerprint density at radius 1 is 1.10 bits per heavy atom. The predicted octanol–water partition coefficient (Wildman–Crippen LogP) is 2.45. The van der Waals surface area contributed by atoms with Gasteiger partial charge in [-0.15, -0.1) is 0 Å². The van der Waals surface area contributed by atoms with Crippen LogP contribution in [0.3, 0.4) is 0 Å². The largest absolute Gasteiger partial charge is 0.344 e. The van der Waals surface area contributed by atoms with Gasteiger partial charge in [0.25, 0.3) is 5.91 Å². The number of hydrogen-bond acceptors (Lipinski definition) is 5. The quantitative estimate of drug-likeness (QED) is 0.787. The zero-order valence-corrected chi connectivity index (χ0v) is 17.1. The van der Waals surface area contributed by atoms with Crippen molar-refractivity contribution in [2.75, 3.05) is 6.26 Å². The van der Waals surface area contributed by atoms with Gasteiger partial charge in [-0.2, -0.15) is 5.10 Å². The molecule has 1 unspecified atom stereocenters. The molecule has 0 bridgehead atoms. The minimum Gasteiger partial charge on any atom is -0.344 e. The smallest absolute Gasteiger partial charge is 0.267 e. The molecule has 0 aromatic heterocycles. The van der Waals surface area contributed by atoms with Crippen molar-refractivity contribution < 1.29 is 18.0 Å². The summed E-state index contributed by atoms with van der Waals surface area (Å²) in [4.78, 5) is 25.0. The van der Waals surface area contributed by atoms with Crippen molar-refractivity contribution in [3.63, 3.8) is 0 Å². The van der Waals surface area contributed by atoms with E-state index in [0.29, 0.717) is 12.3 Å². The lowest BCUT2D eigenvalue weighted by Crippen LogP contribution is -2.39. The molecule has 1 N–H and O–H groups in total. The highest BCUT2D eigenvalue weighted by Crippen LogP contribution is 2.18. The lowest BCUT2D eigenvalue weighted by Gasteiger charge is -2.24. The maximum absolute atomic E-state index is 12.6. The Bertz CT molecular complexity index is 1030. The van der Waals surface area contributed by atoms with Crippen LogP contribution in [0.2, 0.25) is 0 Å². The molecule has 0 saturated heterocycles. The van der Waals surface area contributed by atoms with Gasteiger partial charge in [0.15, 0.2) is 9.84 Å². The summed E-state index contributed by atoms with van der Waals surface area (Å²) in [5, 5.41) is 8.46. The molecule has 0 aliphatic carbocycles. The molecule has 0 fully saturated rings. The summed E-state index contributed by atoms with van der Waals surface area (Å²) in [6, 6.07) is 15.5. The number of benzene rings is 2. The van der Waals surface area contributed by atoms with Crippen LogP contribution in [0, 0.1) is 0 Å². The van der Waals surface area contributed by atoms with Crippen LogP contribution in [0.4, 0.5) is 0 Å². The first-order valence-electron chi connectivity index (χ1n) is 9.26.